The summed E-state index contributed by atoms with van der Waals surface area (Å²) in [5, 5.41) is 0. The maximum absolute atomic E-state index is 15.6. The number of hydrogen-bond acceptors (Lipinski definition) is 4. The first-order valence-corrected chi connectivity index (χ1v) is 12.1. The lowest BCUT2D eigenvalue weighted by Crippen LogP contribution is -2.48. The van der Waals surface area contributed by atoms with Crippen molar-refractivity contribution in [1.29, 1.82) is 0 Å². The molecule has 0 bridgehead atoms. The Bertz CT molecular complexity index is 1220. The van der Waals surface area contributed by atoms with Gasteiger partial charge < -0.3 is 4.74 Å². The van der Waals surface area contributed by atoms with Crippen LogP contribution in [-0.2, 0) is 22.4 Å². The normalized spacial score (nSPS) is 18.1. The molecular formula is C29H31F3N2O2. The van der Waals surface area contributed by atoms with E-state index in [1.54, 1.807) is 12.4 Å². The van der Waals surface area contributed by atoms with Crippen LogP contribution in [0.2, 0.25) is 0 Å². The van der Waals surface area contributed by atoms with Crippen LogP contribution >= 0.6 is 0 Å². The number of pyridine rings is 1. The van der Waals surface area contributed by atoms with Crippen LogP contribution in [0.3, 0.4) is 0 Å². The molecule has 1 aliphatic rings. The first kappa shape index (κ1) is 25.9. The fourth-order valence-electron chi connectivity index (χ4n) is 5.02. The summed E-state index contributed by atoms with van der Waals surface area (Å²) in [6.07, 6.45) is 4.29. The number of ether oxygens (including phenoxy) is 1. The van der Waals surface area contributed by atoms with Crippen molar-refractivity contribution < 1.29 is 22.7 Å². The molecule has 4 rings (SSSR count). The number of hydrogen-bond donors (Lipinski definition) is 0. The molecule has 0 fully saturated rings. The number of methoxy groups -OCH3 is 1. The minimum Gasteiger partial charge on any atom is -0.469 e. The zero-order chi connectivity index (χ0) is 26.0. The second-order valence-corrected chi connectivity index (χ2v) is 10.1. The van der Waals surface area contributed by atoms with Gasteiger partial charge in [-0.15, -0.1) is 0 Å². The van der Waals surface area contributed by atoms with E-state index in [1.165, 1.54) is 33.1 Å². The third-order valence-electron chi connectivity index (χ3n) is 6.66. The van der Waals surface area contributed by atoms with E-state index in [2.05, 4.69) is 9.72 Å². The fourth-order valence-corrected chi connectivity index (χ4v) is 5.02. The summed E-state index contributed by atoms with van der Waals surface area (Å²) in [4.78, 5) is 17.5. The van der Waals surface area contributed by atoms with Crippen LogP contribution in [0.15, 0.2) is 54.9 Å². The van der Waals surface area contributed by atoms with E-state index in [4.69, 9.17) is 0 Å². The topological polar surface area (TPSA) is 42.4 Å². The zero-order valence-corrected chi connectivity index (χ0v) is 21.0. The third kappa shape index (κ3) is 5.62. The largest absolute Gasteiger partial charge is 0.469 e. The molecule has 0 amide bonds. The maximum Gasteiger partial charge on any atom is 0.305 e. The third-order valence-corrected chi connectivity index (χ3v) is 6.66. The van der Waals surface area contributed by atoms with Crippen LogP contribution in [-0.4, -0.2) is 41.2 Å². The van der Waals surface area contributed by atoms with E-state index < -0.39 is 29.3 Å². The van der Waals surface area contributed by atoms with Crippen LogP contribution in [0.4, 0.5) is 13.2 Å². The number of rotatable bonds is 7. The molecule has 0 radical (unpaired) electrons. The lowest BCUT2D eigenvalue weighted by Gasteiger charge is -2.44. The highest BCUT2D eigenvalue weighted by molar-refractivity contribution is 5.69. The van der Waals surface area contributed by atoms with E-state index in [9.17, 15) is 9.18 Å². The standard InChI is InChI=1S/C29H31F3N2O2/c1-18-12-22-15-20(21-6-5-11-33-16-21)8-9-23(22)28(34(18)17-29(2,3)32)27-24(30)13-19(14-25(27)31)7-10-26(35)36-4/h5-6,8-9,11,13-16,18,28H,7,10,12,17H2,1-4H3. The van der Waals surface area contributed by atoms with Gasteiger partial charge in [-0.05, 0) is 79.6 Å². The van der Waals surface area contributed by atoms with Crippen molar-refractivity contribution in [1.82, 2.24) is 9.88 Å². The number of alkyl halides is 1. The molecule has 0 spiro atoms. The molecule has 0 saturated carbocycles. The van der Waals surface area contributed by atoms with E-state index >= 15 is 8.78 Å². The average Bonchev–Trinajstić information content (AvgIpc) is 2.83. The Hall–Kier alpha value is -3.19. The lowest BCUT2D eigenvalue weighted by atomic mass is 9.82. The van der Waals surface area contributed by atoms with Crippen molar-refractivity contribution in [2.45, 2.75) is 57.8 Å². The predicted octanol–water partition coefficient (Wildman–Crippen LogP) is 6.22. The van der Waals surface area contributed by atoms with E-state index in [0.717, 1.165) is 22.3 Å². The minimum atomic E-state index is -1.56. The molecule has 2 aromatic carbocycles. The monoisotopic (exact) mass is 496 g/mol. The molecule has 7 heteroatoms. The van der Waals surface area contributed by atoms with Crippen LogP contribution in [0.25, 0.3) is 11.1 Å². The molecular weight excluding hydrogens is 465 g/mol. The Kier molecular flexibility index (Phi) is 7.50. The number of aromatic nitrogens is 1. The van der Waals surface area contributed by atoms with Gasteiger partial charge >= 0.3 is 5.97 Å². The SMILES string of the molecule is COC(=O)CCc1cc(F)c(C2c3ccc(-c4cccnc4)cc3CC(C)N2CC(C)(C)F)c(F)c1. The number of aryl methyl sites for hydroxylation is 1. The van der Waals surface area contributed by atoms with E-state index in [-0.39, 0.29) is 31.0 Å². The van der Waals surface area contributed by atoms with Crippen LogP contribution < -0.4 is 0 Å². The number of nitrogens with zero attached hydrogens (tertiary/aromatic N) is 2. The molecule has 2 heterocycles. The smallest absolute Gasteiger partial charge is 0.305 e. The molecule has 0 N–H and O–H groups in total. The molecule has 0 saturated heterocycles. The highest BCUT2D eigenvalue weighted by Gasteiger charge is 2.39. The summed E-state index contributed by atoms with van der Waals surface area (Å²) < 4.78 is 50.7. The van der Waals surface area contributed by atoms with Gasteiger partial charge in [-0.3, -0.25) is 14.7 Å². The summed E-state index contributed by atoms with van der Waals surface area (Å²) >= 11 is 0. The first-order chi connectivity index (χ1) is 17.1. The van der Waals surface area contributed by atoms with Gasteiger partial charge in [0, 0.05) is 37.0 Å². The summed E-state index contributed by atoms with van der Waals surface area (Å²) in [7, 11) is 1.27. The summed E-state index contributed by atoms with van der Waals surface area (Å²) in [5.74, 6) is -1.87. The van der Waals surface area contributed by atoms with Crippen molar-refractivity contribution in [3.63, 3.8) is 0 Å². The van der Waals surface area contributed by atoms with Gasteiger partial charge in [0.15, 0.2) is 0 Å². The number of esters is 1. The second-order valence-electron chi connectivity index (χ2n) is 10.1. The van der Waals surface area contributed by atoms with Gasteiger partial charge in [0.05, 0.1) is 13.2 Å². The maximum atomic E-state index is 15.6. The van der Waals surface area contributed by atoms with Gasteiger partial charge in [-0.25, -0.2) is 13.2 Å². The first-order valence-electron chi connectivity index (χ1n) is 12.1. The Labute approximate surface area is 210 Å². The molecule has 190 valence electrons. The van der Waals surface area contributed by atoms with Crippen LogP contribution in [0, 0.1) is 11.6 Å². The molecule has 2 atom stereocenters. The van der Waals surface area contributed by atoms with Crippen molar-refractivity contribution in [3.8, 4) is 11.1 Å². The summed E-state index contributed by atoms with van der Waals surface area (Å²) in [6.45, 7) is 4.92. The highest BCUT2D eigenvalue weighted by atomic mass is 19.1. The zero-order valence-electron chi connectivity index (χ0n) is 21.0. The molecule has 1 aromatic heterocycles. The molecule has 2 unspecified atom stereocenters. The molecule has 3 aromatic rings. The van der Waals surface area contributed by atoms with Crippen molar-refractivity contribution in [2.24, 2.45) is 0 Å². The summed E-state index contributed by atoms with van der Waals surface area (Å²) in [6, 6.07) is 11.2. The van der Waals surface area contributed by atoms with Gasteiger partial charge in [0.1, 0.15) is 17.3 Å². The van der Waals surface area contributed by atoms with Crippen LogP contribution in [0.1, 0.15) is 55.5 Å². The number of carbonyl (C=O) groups is 1. The molecule has 1 aliphatic heterocycles. The number of benzene rings is 2. The number of halogens is 3. The molecule has 0 aliphatic carbocycles. The van der Waals surface area contributed by atoms with E-state index in [1.807, 2.05) is 42.2 Å². The molecule has 36 heavy (non-hydrogen) atoms. The Morgan fingerprint density at radius 2 is 1.86 bits per heavy atom. The van der Waals surface area contributed by atoms with E-state index in [0.29, 0.717) is 12.0 Å². The van der Waals surface area contributed by atoms with Crippen molar-refractivity contribution in [2.75, 3.05) is 13.7 Å². The van der Waals surface area contributed by atoms with Crippen molar-refractivity contribution >= 4 is 5.97 Å². The second kappa shape index (κ2) is 10.4. The van der Waals surface area contributed by atoms with Gasteiger partial charge in [0.25, 0.3) is 0 Å². The minimum absolute atomic E-state index is 0.0194. The van der Waals surface area contributed by atoms with Gasteiger partial charge in [0.2, 0.25) is 0 Å². The lowest BCUT2D eigenvalue weighted by molar-refractivity contribution is -0.140. The van der Waals surface area contributed by atoms with Gasteiger partial charge in [-0.1, -0.05) is 24.3 Å². The van der Waals surface area contributed by atoms with Crippen molar-refractivity contribution in [3.05, 3.63) is 88.7 Å². The summed E-state index contributed by atoms with van der Waals surface area (Å²) in [5.41, 5.74) is 2.33. The quantitative estimate of drug-likeness (QED) is 0.365. The number of carbonyl (C=O) groups excluding carboxylic acids is 1. The van der Waals surface area contributed by atoms with Crippen LogP contribution in [0.5, 0.6) is 0 Å². The fraction of sp³-hybridized carbons (Fsp3) is 0.379. The Morgan fingerprint density at radius 3 is 2.47 bits per heavy atom. The highest BCUT2D eigenvalue weighted by Crippen LogP contribution is 2.42. The predicted molar refractivity (Wildman–Crippen MR) is 133 cm³/mol. The Morgan fingerprint density at radius 1 is 1.14 bits per heavy atom. The van der Waals surface area contributed by atoms with Gasteiger partial charge in [-0.2, -0.15) is 0 Å². The molecule has 4 nitrogen and oxygen atoms in total. The number of fused-ring (bicyclic) bond motifs is 1. The Balaban J connectivity index is 1.80. The average molecular weight is 497 g/mol.